The Hall–Kier alpha value is -1.95. The summed E-state index contributed by atoms with van der Waals surface area (Å²) in [5, 5.41) is 16.0. The van der Waals surface area contributed by atoms with Crippen LogP contribution in [0.1, 0.15) is 5.69 Å². The van der Waals surface area contributed by atoms with Crippen molar-refractivity contribution in [1.29, 1.82) is 0 Å². The van der Waals surface area contributed by atoms with Crippen LogP contribution >= 0.6 is 11.3 Å². The Morgan fingerprint density at radius 2 is 2.25 bits per heavy atom. The number of hydrogen-bond acceptors (Lipinski definition) is 4. The summed E-state index contributed by atoms with van der Waals surface area (Å²) in [5.41, 5.74) is 1.90. The number of thiophene rings is 1. The molecule has 0 bridgehead atoms. The van der Waals surface area contributed by atoms with E-state index < -0.39 is 0 Å². The molecular weight excluding hydrogens is 222 g/mol. The van der Waals surface area contributed by atoms with Gasteiger partial charge in [0.1, 0.15) is 0 Å². The average molecular weight is 231 g/mol. The third kappa shape index (κ3) is 1.43. The molecule has 6 heteroatoms. The second kappa shape index (κ2) is 3.57. The molecule has 0 radical (unpaired) electrons. The molecule has 3 heterocycles. The van der Waals surface area contributed by atoms with Gasteiger partial charge in [0.15, 0.2) is 11.6 Å². The van der Waals surface area contributed by atoms with Crippen molar-refractivity contribution in [3.8, 4) is 22.1 Å². The number of nitrogens with one attached hydrogen (secondary N) is 2. The summed E-state index contributed by atoms with van der Waals surface area (Å²) in [6, 6.07) is 4.00. The molecular formula is C10H9N5S. The highest BCUT2D eigenvalue weighted by Gasteiger charge is 2.11. The van der Waals surface area contributed by atoms with Crippen LogP contribution in [-0.2, 0) is 0 Å². The predicted molar refractivity (Wildman–Crippen MR) is 62.0 cm³/mol. The fraction of sp³-hybridized carbons (Fsp3) is 0.100. The lowest BCUT2D eigenvalue weighted by Gasteiger charge is -1.89. The van der Waals surface area contributed by atoms with Crippen LogP contribution in [0.25, 0.3) is 22.1 Å². The molecule has 0 amide bonds. The van der Waals surface area contributed by atoms with Gasteiger partial charge in [0.2, 0.25) is 0 Å². The van der Waals surface area contributed by atoms with Crippen molar-refractivity contribution in [2.45, 2.75) is 6.92 Å². The molecule has 0 aliphatic rings. The summed E-state index contributed by atoms with van der Waals surface area (Å²) in [6.45, 7) is 1.95. The standard InChI is InChI=1S/C10H9N5S/c1-6-7(5-11-13-6)9-12-10(15-14-9)8-3-2-4-16-8/h2-5H,1H3,(H,11,13)(H,12,14,15). The summed E-state index contributed by atoms with van der Waals surface area (Å²) in [4.78, 5) is 5.52. The highest BCUT2D eigenvalue weighted by Crippen LogP contribution is 2.24. The molecule has 0 aliphatic heterocycles. The van der Waals surface area contributed by atoms with Gasteiger partial charge in [0.25, 0.3) is 0 Å². The maximum atomic E-state index is 4.44. The molecule has 3 aromatic rings. The molecule has 5 nitrogen and oxygen atoms in total. The number of aromatic nitrogens is 5. The van der Waals surface area contributed by atoms with E-state index in [9.17, 15) is 0 Å². The van der Waals surface area contributed by atoms with Crippen LogP contribution < -0.4 is 0 Å². The van der Waals surface area contributed by atoms with E-state index in [0.29, 0.717) is 5.82 Å². The minimum atomic E-state index is 0.676. The second-order valence-corrected chi connectivity index (χ2v) is 4.34. The average Bonchev–Trinajstić information content (AvgIpc) is 2.96. The van der Waals surface area contributed by atoms with Gasteiger partial charge >= 0.3 is 0 Å². The van der Waals surface area contributed by atoms with E-state index in [1.165, 1.54) is 0 Å². The van der Waals surface area contributed by atoms with Gasteiger partial charge in [-0.15, -0.1) is 11.3 Å². The van der Waals surface area contributed by atoms with Crippen LogP contribution in [0.15, 0.2) is 23.7 Å². The first-order valence-corrected chi connectivity index (χ1v) is 5.69. The van der Waals surface area contributed by atoms with E-state index in [4.69, 9.17) is 0 Å². The van der Waals surface area contributed by atoms with Crippen molar-refractivity contribution in [3.63, 3.8) is 0 Å². The van der Waals surface area contributed by atoms with Crippen molar-refractivity contribution in [3.05, 3.63) is 29.4 Å². The number of aryl methyl sites for hydroxylation is 1. The largest absolute Gasteiger partial charge is 0.282 e. The molecule has 3 aromatic heterocycles. The van der Waals surface area contributed by atoms with Gasteiger partial charge < -0.3 is 0 Å². The zero-order valence-electron chi connectivity index (χ0n) is 8.56. The van der Waals surface area contributed by atoms with E-state index in [1.54, 1.807) is 17.5 Å². The van der Waals surface area contributed by atoms with Crippen LogP contribution in [-0.4, -0.2) is 25.4 Å². The number of rotatable bonds is 2. The van der Waals surface area contributed by atoms with Crippen molar-refractivity contribution >= 4 is 11.3 Å². The number of H-pyrrole nitrogens is 2. The normalized spacial score (nSPS) is 10.8. The number of hydrogen-bond donors (Lipinski definition) is 2. The maximum Gasteiger partial charge on any atom is 0.184 e. The van der Waals surface area contributed by atoms with Crippen molar-refractivity contribution < 1.29 is 0 Å². The minimum absolute atomic E-state index is 0.676. The predicted octanol–water partition coefficient (Wildman–Crippen LogP) is 2.23. The van der Waals surface area contributed by atoms with E-state index in [2.05, 4.69) is 25.4 Å². The van der Waals surface area contributed by atoms with Gasteiger partial charge in [0.05, 0.1) is 16.6 Å². The fourth-order valence-corrected chi connectivity index (χ4v) is 2.15. The third-order valence-corrected chi connectivity index (χ3v) is 3.19. The van der Waals surface area contributed by atoms with Crippen LogP contribution in [0, 0.1) is 6.92 Å². The Morgan fingerprint density at radius 1 is 1.31 bits per heavy atom. The summed E-state index contributed by atoms with van der Waals surface area (Å²) in [6.07, 6.45) is 1.73. The smallest absolute Gasteiger partial charge is 0.184 e. The van der Waals surface area contributed by atoms with Gasteiger partial charge in [-0.25, -0.2) is 4.98 Å². The Morgan fingerprint density at radius 3 is 2.94 bits per heavy atom. The van der Waals surface area contributed by atoms with Crippen molar-refractivity contribution in [1.82, 2.24) is 25.4 Å². The molecule has 2 N–H and O–H groups in total. The quantitative estimate of drug-likeness (QED) is 0.710. The summed E-state index contributed by atoms with van der Waals surface area (Å²) in [7, 11) is 0. The van der Waals surface area contributed by atoms with Gasteiger partial charge in [-0.1, -0.05) is 6.07 Å². The topological polar surface area (TPSA) is 70.2 Å². The summed E-state index contributed by atoms with van der Waals surface area (Å²) in [5.74, 6) is 1.47. The molecule has 0 aliphatic carbocycles. The summed E-state index contributed by atoms with van der Waals surface area (Å²) >= 11 is 1.63. The van der Waals surface area contributed by atoms with Crippen molar-refractivity contribution in [2.75, 3.05) is 0 Å². The van der Waals surface area contributed by atoms with E-state index in [-0.39, 0.29) is 0 Å². The molecule has 3 rings (SSSR count). The second-order valence-electron chi connectivity index (χ2n) is 3.39. The molecule has 0 aromatic carbocycles. The zero-order chi connectivity index (χ0) is 11.0. The first kappa shape index (κ1) is 9.29. The molecule has 80 valence electrons. The van der Waals surface area contributed by atoms with Gasteiger partial charge in [-0.2, -0.15) is 10.2 Å². The lowest BCUT2D eigenvalue weighted by molar-refractivity contribution is 1.05. The van der Waals surface area contributed by atoms with Gasteiger partial charge in [0, 0.05) is 5.69 Å². The maximum absolute atomic E-state index is 4.44. The van der Waals surface area contributed by atoms with Crippen LogP contribution in [0.4, 0.5) is 0 Å². The Labute approximate surface area is 95.6 Å². The Balaban J connectivity index is 2.03. The number of nitrogens with zero attached hydrogens (tertiary/aromatic N) is 3. The fourth-order valence-electron chi connectivity index (χ4n) is 1.48. The summed E-state index contributed by atoms with van der Waals surface area (Å²) < 4.78 is 0. The molecule has 0 saturated heterocycles. The van der Waals surface area contributed by atoms with Crippen LogP contribution in [0.2, 0.25) is 0 Å². The van der Waals surface area contributed by atoms with Crippen molar-refractivity contribution in [2.24, 2.45) is 0 Å². The minimum Gasteiger partial charge on any atom is -0.282 e. The highest BCUT2D eigenvalue weighted by molar-refractivity contribution is 7.13. The number of aromatic amines is 2. The van der Waals surface area contributed by atoms with Crippen LogP contribution in [0.3, 0.4) is 0 Å². The van der Waals surface area contributed by atoms with Crippen LogP contribution in [0.5, 0.6) is 0 Å². The highest BCUT2D eigenvalue weighted by atomic mass is 32.1. The molecule has 0 unspecified atom stereocenters. The molecule has 0 spiro atoms. The van der Waals surface area contributed by atoms with Gasteiger partial charge in [-0.05, 0) is 18.4 Å². The Kier molecular flexibility index (Phi) is 2.07. The first-order valence-electron chi connectivity index (χ1n) is 4.81. The lowest BCUT2D eigenvalue weighted by atomic mass is 10.2. The first-order chi connectivity index (χ1) is 7.84. The molecule has 0 atom stereocenters. The zero-order valence-corrected chi connectivity index (χ0v) is 9.38. The van der Waals surface area contributed by atoms with E-state index in [1.807, 2.05) is 24.4 Å². The molecule has 0 fully saturated rings. The monoisotopic (exact) mass is 231 g/mol. The van der Waals surface area contributed by atoms with Gasteiger partial charge in [-0.3, -0.25) is 10.2 Å². The SMILES string of the molecule is Cc1[nH]ncc1-c1n[nH]c(-c2cccs2)n1. The third-order valence-electron chi connectivity index (χ3n) is 2.31. The molecule has 16 heavy (non-hydrogen) atoms. The Bertz CT molecular complexity index is 592. The van der Waals surface area contributed by atoms with E-state index in [0.717, 1.165) is 22.0 Å². The lowest BCUT2D eigenvalue weighted by Crippen LogP contribution is -1.81. The molecule has 0 saturated carbocycles. The van der Waals surface area contributed by atoms with E-state index >= 15 is 0 Å².